The average molecular weight is 270 g/mol. The Morgan fingerprint density at radius 2 is 1.95 bits per heavy atom. The van der Waals surface area contributed by atoms with Gasteiger partial charge in [0.15, 0.2) is 0 Å². The first kappa shape index (κ1) is 14.1. The fourth-order valence-corrected chi connectivity index (χ4v) is 2.12. The molecule has 0 aromatic heterocycles. The minimum Gasteiger partial charge on any atom is -0.379 e. The van der Waals surface area contributed by atoms with Crippen LogP contribution in [0.4, 0.5) is 11.4 Å². The number of nitro groups is 1. The summed E-state index contributed by atoms with van der Waals surface area (Å²) in [7, 11) is 0. The highest BCUT2D eigenvalue weighted by molar-refractivity contribution is 5.48. The summed E-state index contributed by atoms with van der Waals surface area (Å²) < 4.78 is 0. The highest BCUT2D eigenvalue weighted by atomic mass is 16.6. The van der Waals surface area contributed by atoms with Gasteiger partial charge in [0.2, 0.25) is 0 Å². The minimum atomic E-state index is -0.367. The van der Waals surface area contributed by atoms with Gasteiger partial charge in [0, 0.05) is 23.9 Å². The van der Waals surface area contributed by atoms with Crippen molar-refractivity contribution in [2.45, 2.75) is 26.3 Å². The smallest absolute Gasteiger partial charge is 0.269 e. The zero-order chi connectivity index (χ0) is 14.5. The topological polar surface area (TPSA) is 55.2 Å². The van der Waals surface area contributed by atoms with E-state index in [2.05, 4.69) is 24.4 Å². The standard InChI is InChI=1S/C16H18N2O2/c1-3-13-6-4-8-15(10-13)17-12(2)14-7-5-9-16(11-14)18(19)20/h4-12,17H,3H2,1-2H3. The van der Waals surface area contributed by atoms with Crippen LogP contribution in [0.3, 0.4) is 0 Å². The molecule has 0 heterocycles. The van der Waals surface area contributed by atoms with Crippen molar-refractivity contribution in [3.05, 3.63) is 69.8 Å². The molecule has 0 spiro atoms. The Hall–Kier alpha value is -2.36. The summed E-state index contributed by atoms with van der Waals surface area (Å²) >= 11 is 0. The number of hydrogen-bond donors (Lipinski definition) is 1. The molecule has 20 heavy (non-hydrogen) atoms. The molecule has 0 fully saturated rings. The second-order valence-corrected chi connectivity index (χ2v) is 4.77. The van der Waals surface area contributed by atoms with Crippen molar-refractivity contribution in [2.75, 3.05) is 5.32 Å². The number of aryl methyl sites for hydroxylation is 1. The summed E-state index contributed by atoms with van der Waals surface area (Å²) in [5.41, 5.74) is 3.32. The monoisotopic (exact) mass is 270 g/mol. The third kappa shape index (κ3) is 3.35. The maximum Gasteiger partial charge on any atom is 0.269 e. The molecular weight excluding hydrogens is 252 g/mol. The average Bonchev–Trinajstić information content (AvgIpc) is 2.47. The first-order chi connectivity index (χ1) is 9.60. The predicted molar refractivity (Wildman–Crippen MR) is 81.0 cm³/mol. The summed E-state index contributed by atoms with van der Waals surface area (Å²) in [6.07, 6.45) is 0.987. The predicted octanol–water partition coefficient (Wildman–Crippen LogP) is 4.33. The molecule has 0 saturated carbocycles. The van der Waals surface area contributed by atoms with Gasteiger partial charge in [0.1, 0.15) is 0 Å². The van der Waals surface area contributed by atoms with Gasteiger partial charge in [-0.15, -0.1) is 0 Å². The van der Waals surface area contributed by atoms with E-state index in [0.29, 0.717) is 0 Å². The number of benzene rings is 2. The van der Waals surface area contributed by atoms with Crippen molar-refractivity contribution in [2.24, 2.45) is 0 Å². The van der Waals surface area contributed by atoms with E-state index in [9.17, 15) is 10.1 Å². The van der Waals surface area contributed by atoms with Gasteiger partial charge >= 0.3 is 0 Å². The van der Waals surface area contributed by atoms with E-state index >= 15 is 0 Å². The zero-order valence-electron chi connectivity index (χ0n) is 11.7. The molecule has 2 aromatic carbocycles. The minimum absolute atomic E-state index is 0.0157. The molecule has 4 heteroatoms. The van der Waals surface area contributed by atoms with Crippen molar-refractivity contribution in [1.82, 2.24) is 0 Å². The van der Waals surface area contributed by atoms with Crippen LogP contribution in [0.2, 0.25) is 0 Å². The Morgan fingerprint density at radius 3 is 2.65 bits per heavy atom. The molecule has 0 aliphatic heterocycles. The largest absolute Gasteiger partial charge is 0.379 e. The molecule has 2 rings (SSSR count). The van der Waals surface area contributed by atoms with E-state index in [0.717, 1.165) is 17.7 Å². The van der Waals surface area contributed by atoms with E-state index < -0.39 is 0 Å². The Labute approximate surface area is 118 Å². The van der Waals surface area contributed by atoms with Crippen LogP contribution in [0, 0.1) is 10.1 Å². The van der Waals surface area contributed by atoms with Gasteiger partial charge in [-0.2, -0.15) is 0 Å². The van der Waals surface area contributed by atoms with Crippen LogP contribution in [-0.4, -0.2) is 4.92 Å². The van der Waals surface area contributed by atoms with Crippen molar-refractivity contribution in [1.29, 1.82) is 0 Å². The Kier molecular flexibility index (Phi) is 4.35. The summed E-state index contributed by atoms with van der Waals surface area (Å²) in [6.45, 7) is 4.11. The summed E-state index contributed by atoms with van der Waals surface area (Å²) in [5.74, 6) is 0. The maximum absolute atomic E-state index is 10.8. The second kappa shape index (κ2) is 6.19. The van der Waals surface area contributed by atoms with Crippen LogP contribution in [0.25, 0.3) is 0 Å². The number of nitrogens with zero attached hydrogens (tertiary/aromatic N) is 1. The summed E-state index contributed by atoms with van der Waals surface area (Å²) in [5, 5.41) is 14.2. The van der Waals surface area contributed by atoms with Gasteiger partial charge in [0.25, 0.3) is 5.69 Å². The highest BCUT2D eigenvalue weighted by Gasteiger charge is 2.10. The molecule has 104 valence electrons. The number of non-ortho nitro benzene ring substituents is 1. The Morgan fingerprint density at radius 1 is 1.20 bits per heavy atom. The summed E-state index contributed by atoms with van der Waals surface area (Å²) in [4.78, 5) is 10.4. The third-order valence-electron chi connectivity index (χ3n) is 3.30. The maximum atomic E-state index is 10.8. The molecule has 1 unspecified atom stereocenters. The van der Waals surface area contributed by atoms with Crippen LogP contribution in [0.15, 0.2) is 48.5 Å². The van der Waals surface area contributed by atoms with Gasteiger partial charge in [-0.1, -0.05) is 31.2 Å². The van der Waals surface area contributed by atoms with Gasteiger partial charge < -0.3 is 5.32 Å². The van der Waals surface area contributed by atoms with E-state index in [-0.39, 0.29) is 16.7 Å². The van der Waals surface area contributed by atoms with E-state index in [1.54, 1.807) is 12.1 Å². The molecule has 0 amide bonds. The fraction of sp³-hybridized carbons (Fsp3) is 0.250. The first-order valence-corrected chi connectivity index (χ1v) is 6.70. The zero-order valence-corrected chi connectivity index (χ0v) is 11.7. The lowest BCUT2D eigenvalue weighted by Crippen LogP contribution is -2.07. The molecule has 0 aliphatic rings. The number of nitrogens with one attached hydrogen (secondary N) is 1. The van der Waals surface area contributed by atoms with Crippen LogP contribution in [0.5, 0.6) is 0 Å². The van der Waals surface area contributed by atoms with Gasteiger partial charge in [-0.3, -0.25) is 10.1 Å². The molecule has 0 bridgehead atoms. The number of nitro benzene ring substituents is 1. The molecule has 1 atom stereocenters. The molecule has 0 aliphatic carbocycles. The van der Waals surface area contributed by atoms with Gasteiger partial charge in [-0.25, -0.2) is 0 Å². The number of anilines is 1. The lowest BCUT2D eigenvalue weighted by Gasteiger charge is -2.16. The van der Waals surface area contributed by atoms with Gasteiger partial charge in [0.05, 0.1) is 4.92 Å². The van der Waals surface area contributed by atoms with Crippen molar-refractivity contribution in [3.8, 4) is 0 Å². The quantitative estimate of drug-likeness (QED) is 0.650. The van der Waals surface area contributed by atoms with Crippen LogP contribution in [0.1, 0.15) is 31.0 Å². The molecule has 2 aromatic rings. The SMILES string of the molecule is CCc1cccc(NC(C)c2cccc([N+](=O)[O-])c2)c1. The highest BCUT2D eigenvalue weighted by Crippen LogP contribution is 2.23. The molecule has 0 radical (unpaired) electrons. The van der Waals surface area contributed by atoms with E-state index in [1.807, 2.05) is 25.1 Å². The van der Waals surface area contributed by atoms with E-state index in [1.165, 1.54) is 11.6 Å². The lowest BCUT2D eigenvalue weighted by atomic mass is 10.1. The Balaban J connectivity index is 2.16. The fourth-order valence-electron chi connectivity index (χ4n) is 2.12. The van der Waals surface area contributed by atoms with Crippen molar-refractivity contribution >= 4 is 11.4 Å². The van der Waals surface area contributed by atoms with Crippen LogP contribution in [-0.2, 0) is 6.42 Å². The third-order valence-corrected chi connectivity index (χ3v) is 3.30. The van der Waals surface area contributed by atoms with Crippen molar-refractivity contribution < 1.29 is 4.92 Å². The Bertz CT molecular complexity index is 611. The van der Waals surface area contributed by atoms with E-state index in [4.69, 9.17) is 0 Å². The number of rotatable bonds is 5. The second-order valence-electron chi connectivity index (χ2n) is 4.77. The molecule has 0 saturated heterocycles. The molecular formula is C16H18N2O2. The lowest BCUT2D eigenvalue weighted by molar-refractivity contribution is -0.384. The normalized spacial score (nSPS) is 11.9. The first-order valence-electron chi connectivity index (χ1n) is 6.70. The summed E-state index contributed by atoms with van der Waals surface area (Å²) in [6, 6.07) is 15.0. The molecule has 1 N–H and O–H groups in total. The number of hydrogen-bond acceptors (Lipinski definition) is 3. The van der Waals surface area contributed by atoms with Crippen LogP contribution >= 0.6 is 0 Å². The van der Waals surface area contributed by atoms with Crippen LogP contribution < -0.4 is 5.32 Å². The molecule has 4 nitrogen and oxygen atoms in total. The van der Waals surface area contributed by atoms with Gasteiger partial charge in [-0.05, 0) is 36.6 Å². The van der Waals surface area contributed by atoms with Crippen molar-refractivity contribution in [3.63, 3.8) is 0 Å².